The van der Waals surface area contributed by atoms with Crippen molar-refractivity contribution in [2.24, 2.45) is 22.7 Å². The fourth-order valence-corrected chi connectivity index (χ4v) is 9.39. The van der Waals surface area contributed by atoms with Gasteiger partial charge < -0.3 is 21.3 Å². The van der Waals surface area contributed by atoms with Gasteiger partial charge in [-0.1, -0.05) is 90.3 Å². The molecule has 2 aliphatic rings. The van der Waals surface area contributed by atoms with Crippen LogP contribution >= 0.6 is 23.5 Å². The lowest BCUT2D eigenvalue weighted by atomic mass is 9.82. The summed E-state index contributed by atoms with van der Waals surface area (Å²) in [6, 6.07) is 0.249. The van der Waals surface area contributed by atoms with Gasteiger partial charge in [0.05, 0.1) is 22.9 Å². The summed E-state index contributed by atoms with van der Waals surface area (Å²) in [6.45, 7) is 21.4. The first-order chi connectivity index (χ1) is 21.3. The summed E-state index contributed by atoms with van der Waals surface area (Å²) in [6.07, 6.45) is 19.0. The van der Waals surface area contributed by atoms with Gasteiger partial charge in [0.25, 0.3) is 0 Å². The summed E-state index contributed by atoms with van der Waals surface area (Å²) in [5, 5.41) is 14.1. The zero-order chi connectivity index (χ0) is 32.3. The SMILES string of the molecule is C=C/C=C\C(CNC(=O)C(NC(=C)C(CC=C)CC[C@H](CC1CCCCC1)NC(=C)[C@@H](NC)C1SCCS1)[C@H](C)CC)=NC. The van der Waals surface area contributed by atoms with Gasteiger partial charge >= 0.3 is 0 Å². The van der Waals surface area contributed by atoms with Crippen molar-refractivity contribution in [3.63, 3.8) is 0 Å². The minimum Gasteiger partial charge on any atom is -0.385 e. The standard InChI is InChI=1S/C36H61N5OS2/c1-9-12-19-32(37-7)25-39-35(42)33(26(4)11-3)41-27(5)30(16-10-2)20-21-31(24-29-17-14-13-15-18-29)40-28(6)34(38-8)36-43-22-23-44-36/h9-10,12,19,26,29-31,33-34,36,38,40-41H,1-2,5-6,11,13-18,20-25H2,3-4,7-8H3,(H,39,42)/b19-12-,37-32?/t26-,30?,31-,33?,34-/m1/s1. The fraction of sp³-hybridized carbons (Fsp3) is 0.667. The van der Waals surface area contributed by atoms with Gasteiger partial charge in [0.15, 0.2) is 0 Å². The molecule has 44 heavy (non-hydrogen) atoms. The van der Waals surface area contributed by atoms with Crippen molar-refractivity contribution in [3.05, 3.63) is 62.0 Å². The van der Waals surface area contributed by atoms with Crippen LogP contribution in [0.25, 0.3) is 0 Å². The lowest BCUT2D eigenvalue weighted by Gasteiger charge is -2.33. The lowest BCUT2D eigenvalue weighted by Crippen LogP contribution is -2.49. The topological polar surface area (TPSA) is 77.5 Å². The van der Waals surface area contributed by atoms with E-state index in [1.807, 2.05) is 41.8 Å². The van der Waals surface area contributed by atoms with E-state index in [1.54, 1.807) is 13.1 Å². The highest BCUT2D eigenvalue weighted by molar-refractivity contribution is 8.20. The number of amides is 1. The van der Waals surface area contributed by atoms with Gasteiger partial charge in [-0.3, -0.25) is 9.79 Å². The summed E-state index contributed by atoms with van der Waals surface area (Å²) in [5.74, 6) is 3.50. The average Bonchev–Trinajstić information content (AvgIpc) is 3.56. The minimum atomic E-state index is -0.366. The molecule has 1 saturated heterocycles. The molecule has 2 fully saturated rings. The van der Waals surface area contributed by atoms with Crippen molar-refractivity contribution >= 4 is 35.1 Å². The Hall–Kier alpha value is -1.90. The van der Waals surface area contributed by atoms with Gasteiger partial charge in [0.2, 0.25) is 5.91 Å². The van der Waals surface area contributed by atoms with E-state index in [2.05, 4.69) is 73.5 Å². The third-order valence-electron chi connectivity index (χ3n) is 9.14. The van der Waals surface area contributed by atoms with Crippen LogP contribution in [0.5, 0.6) is 0 Å². The molecule has 6 nitrogen and oxygen atoms in total. The number of carbonyl (C=O) groups is 1. The third-order valence-corrected chi connectivity index (χ3v) is 12.3. The molecule has 2 rings (SSSR count). The summed E-state index contributed by atoms with van der Waals surface area (Å²) in [4.78, 5) is 17.7. The predicted molar refractivity (Wildman–Crippen MR) is 198 cm³/mol. The molecule has 1 saturated carbocycles. The van der Waals surface area contributed by atoms with Crippen molar-refractivity contribution in [3.8, 4) is 0 Å². The highest BCUT2D eigenvalue weighted by Gasteiger charge is 2.30. The number of thioether (sulfide) groups is 2. The smallest absolute Gasteiger partial charge is 0.243 e. The number of nitrogens with zero attached hydrogens (tertiary/aromatic N) is 1. The monoisotopic (exact) mass is 643 g/mol. The lowest BCUT2D eigenvalue weighted by molar-refractivity contribution is -0.123. The van der Waals surface area contributed by atoms with E-state index in [9.17, 15) is 4.79 Å². The van der Waals surface area contributed by atoms with Gasteiger partial charge in [-0.25, -0.2) is 0 Å². The molecule has 1 aliphatic carbocycles. The largest absolute Gasteiger partial charge is 0.385 e. The van der Waals surface area contributed by atoms with E-state index in [4.69, 9.17) is 0 Å². The number of nitrogens with one attached hydrogen (secondary N) is 4. The van der Waals surface area contributed by atoms with Crippen molar-refractivity contribution < 1.29 is 4.79 Å². The summed E-state index contributed by atoms with van der Waals surface area (Å²) >= 11 is 4.08. The predicted octanol–water partition coefficient (Wildman–Crippen LogP) is 7.24. The molecule has 1 aliphatic heterocycles. The van der Waals surface area contributed by atoms with Gasteiger partial charge in [-0.15, -0.1) is 30.1 Å². The van der Waals surface area contributed by atoms with Gasteiger partial charge in [-0.05, 0) is 50.6 Å². The zero-order valence-corrected chi connectivity index (χ0v) is 29.7. The highest BCUT2D eigenvalue weighted by atomic mass is 32.2. The number of aliphatic imine (C=N–C) groups is 1. The van der Waals surface area contributed by atoms with Crippen LogP contribution in [-0.2, 0) is 4.79 Å². The summed E-state index contributed by atoms with van der Waals surface area (Å²) in [7, 11) is 3.79. The Labute approximate surface area is 278 Å². The van der Waals surface area contributed by atoms with Crippen LogP contribution in [0.15, 0.2) is 67.0 Å². The summed E-state index contributed by atoms with van der Waals surface area (Å²) in [5.41, 5.74) is 2.83. The van der Waals surface area contributed by atoms with Gasteiger partial charge in [0, 0.05) is 41.9 Å². The molecule has 0 spiro atoms. The van der Waals surface area contributed by atoms with E-state index in [-0.39, 0.29) is 29.8 Å². The normalized spacial score (nSPS) is 20.0. The fourth-order valence-electron chi connectivity index (χ4n) is 6.21. The molecule has 248 valence electrons. The van der Waals surface area contributed by atoms with Crippen molar-refractivity contribution in [2.75, 3.05) is 32.1 Å². The molecule has 1 amide bonds. The number of rotatable bonds is 22. The molecule has 8 heteroatoms. The Morgan fingerprint density at radius 1 is 1.05 bits per heavy atom. The van der Waals surface area contributed by atoms with E-state index in [0.717, 1.165) is 48.7 Å². The Kier molecular flexibility index (Phi) is 18.9. The number of carbonyl (C=O) groups excluding carboxylic acids is 1. The van der Waals surface area contributed by atoms with Crippen molar-refractivity contribution in [1.82, 2.24) is 21.3 Å². The molecule has 1 heterocycles. The van der Waals surface area contributed by atoms with Crippen LogP contribution in [0, 0.1) is 17.8 Å². The average molecular weight is 644 g/mol. The first-order valence-electron chi connectivity index (χ1n) is 16.7. The zero-order valence-electron chi connectivity index (χ0n) is 28.0. The van der Waals surface area contributed by atoms with E-state index >= 15 is 0 Å². The maximum atomic E-state index is 13.4. The van der Waals surface area contributed by atoms with Crippen LogP contribution < -0.4 is 21.3 Å². The quantitative estimate of drug-likeness (QED) is 0.0566. The third kappa shape index (κ3) is 13.2. The molecular weight excluding hydrogens is 583 g/mol. The van der Waals surface area contributed by atoms with Crippen molar-refractivity contribution in [2.45, 2.75) is 101 Å². The summed E-state index contributed by atoms with van der Waals surface area (Å²) < 4.78 is 0.508. The molecule has 2 unspecified atom stereocenters. The highest BCUT2D eigenvalue weighted by Crippen LogP contribution is 2.36. The van der Waals surface area contributed by atoms with Crippen molar-refractivity contribution in [1.29, 1.82) is 0 Å². The number of hydrogen-bond acceptors (Lipinski definition) is 7. The molecular formula is C36H61N5OS2. The van der Waals surface area contributed by atoms with Crippen LogP contribution in [0.2, 0.25) is 0 Å². The maximum Gasteiger partial charge on any atom is 0.243 e. The minimum absolute atomic E-state index is 0.0279. The molecule has 0 radical (unpaired) electrons. The van der Waals surface area contributed by atoms with E-state index in [1.165, 1.54) is 50.0 Å². The number of allylic oxidation sites excluding steroid dienone is 4. The van der Waals surface area contributed by atoms with Crippen LogP contribution in [0.4, 0.5) is 0 Å². The van der Waals surface area contributed by atoms with E-state index < -0.39 is 0 Å². The molecule has 5 atom stereocenters. The first-order valence-corrected chi connectivity index (χ1v) is 18.8. The number of likely N-dealkylation sites (N-methyl/N-ethyl adjacent to an activating group) is 1. The molecule has 0 bridgehead atoms. The Morgan fingerprint density at radius 2 is 1.75 bits per heavy atom. The molecule has 0 aromatic rings. The maximum absolute atomic E-state index is 13.4. The second kappa shape index (κ2) is 21.8. The Balaban J connectivity index is 2.11. The van der Waals surface area contributed by atoms with E-state index in [0.29, 0.717) is 17.2 Å². The Bertz CT molecular complexity index is 968. The number of hydrogen-bond donors (Lipinski definition) is 4. The second-order valence-electron chi connectivity index (χ2n) is 12.3. The van der Waals surface area contributed by atoms with Crippen LogP contribution in [0.3, 0.4) is 0 Å². The van der Waals surface area contributed by atoms with Gasteiger partial charge in [0.1, 0.15) is 6.04 Å². The first kappa shape index (κ1) is 38.3. The Morgan fingerprint density at radius 3 is 2.34 bits per heavy atom. The second-order valence-corrected chi connectivity index (χ2v) is 15.1. The molecule has 0 aromatic heterocycles. The molecule has 4 N–H and O–H groups in total. The van der Waals surface area contributed by atoms with Crippen LogP contribution in [-0.4, -0.2) is 66.5 Å². The molecule has 0 aromatic carbocycles. The van der Waals surface area contributed by atoms with Crippen LogP contribution in [0.1, 0.15) is 78.1 Å². The van der Waals surface area contributed by atoms with Gasteiger partial charge in [-0.2, -0.15) is 0 Å².